The Balaban J connectivity index is 2.14. The molecule has 0 radical (unpaired) electrons. The smallest absolute Gasteiger partial charge is 0.347 e. The van der Waals surface area contributed by atoms with Crippen LogP contribution >= 0.6 is 0 Å². The maximum absolute atomic E-state index is 12.7. The van der Waals surface area contributed by atoms with Crippen LogP contribution in [-0.4, -0.2) is 44.1 Å². The first-order valence-electron chi connectivity index (χ1n) is 11.5. The molecule has 1 heterocycles. The number of nitrogens with zero attached hydrogens (tertiary/aromatic N) is 4. The number of unbranched alkanes of at least 4 members (excludes halogenated alkanes) is 4. The van der Waals surface area contributed by atoms with E-state index in [1.807, 2.05) is 17.0 Å². The number of rotatable bonds is 13. The number of aliphatic carboxylic acids is 1. The highest BCUT2D eigenvalue weighted by Gasteiger charge is 2.29. The number of ether oxygens (including phenoxy) is 1. The van der Waals surface area contributed by atoms with Crippen LogP contribution in [0.25, 0.3) is 0 Å². The molecule has 0 bridgehead atoms. The fourth-order valence-corrected chi connectivity index (χ4v) is 3.44. The molecule has 0 amide bonds. The number of carbonyl (C=O) groups is 1. The maximum Gasteiger partial charge on any atom is 0.347 e. The standard InChI is InChI=1S/C24H36N4O5/c1-6-7-8-9-10-16-28(20-21(29)26(4)23(32)27(5)25-20)17-15-18-11-13-19(14-12-18)33-24(2,3)22(30)31/h11-14H,6-10,15-17H2,1-5H3,(H,30,31). The van der Waals surface area contributed by atoms with Gasteiger partial charge in [-0.1, -0.05) is 44.7 Å². The molecule has 0 saturated carbocycles. The largest absolute Gasteiger partial charge is 0.478 e. The monoisotopic (exact) mass is 460 g/mol. The molecule has 0 saturated heterocycles. The third kappa shape index (κ3) is 7.20. The van der Waals surface area contributed by atoms with E-state index in [1.54, 1.807) is 19.2 Å². The highest BCUT2D eigenvalue weighted by molar-refractivity contribution is 5.76. The molecule has 0 spiro atoms. The Morgan fingerprint density at radius 3 is 2.30 bits per heavy atom. The second-order valence-corrected chi connectivity index (χ2v) is 8.81. The lowest BCUT2D eigenvalue weighted by Gasteiger charge is -2.24. The molecular formula is C24H36N4O5. The van der Waals surface area contributed by atoms with Crippen molar-refractivity contribution in [2.24, 2.45) is 14.1 Å². The van der Waals surface area contributed by atoms with E-state index in [4.69, 9.17) is 4.74 Å². The fourth-order valence-electron chi connectivity index (χ4n) is 3.44. The Labute approximate surface area is 194 Å². The van der Waals surface area contributed by atoms with Gasteiger partial charge < -0.3 is 14.7 Å². The van der Waals surface area contributed by atoms with Gasteiger partial charge in [-0.2, -0.15) is 0 Å². The molecule has 0 aliphatic carbocycles. The van der Waals surface area contributed by atoms with E-state index in [0.717, 1.165) is 35.8 Å². The van der Waals surface area contributed by atoms with Gasteiger partial charge in [-0.25, -0.2) is 14.3 Å². The third-order valence-corrected chi connectivity index (χ3v) is 5.62. The van der Waals surface area contributed by atoms with Crippen molar-refractivity contribution in [3.05, 3.63) is 50.7 Å². The van der Waals surface area contributed by atoms with Gasteiger partial charge in [0.25, 0.3) is 5.56 Å². The van der Waals surface area contributed by atoms with E-state index < -0.39 is 22.8 Å². The van der Waals surface area contributed by atoms with Gasteiger partial charge in [0.15, 0.2) is 5.60 Å². The second-order valence-electron chi connectivity index (χ2n) is 8.81. The van der Waals surface area contributed by atoms with Crippen molar-refractivity contribution >= 4 is 11.8 Å². The molecule has 9 nitrogen and oxygen atoms in total. The topological polar surface area (TPSA) is 107 Å². The Hall–Kier alpha value is -3.10. The van der Waals surface area contributed by atoms with E-state index in [9.17, 15) is 19.5 Å². The van der Waals surface area contributed by atoms with E-state index in [0.29, 0.717) is 25.3 Å². The van der Waals surface area contributed by atoms with Gasteiger partial charge in [0, 0.05) is 27.2 Å². The number of benzene rings is 1. The van der Waals surface area contributed by atoms with Gasteiger partial charge >= 0.3 is 11.7 Å². The van der Waals surface area contributed by atoms with Crippen LogP contribution in [0.4, 0.5) is 5.82 Å². The van der Waals surface area contributed by atoms with Gasteiger partial charge in [0.2, 0.25) is 5.82 Å². The summed E-state index contributed by atoms with van der Waals surface area (Å²) >= 11 is 0. The zero-order chi connectivity index (χ0) is 24.6. The molecule has 9 heteroatoms. The van der Waals surface area contributed by atoms with Crippen LogP contribution in [0.2, 0.25) is 0 Å². The summed E-state index contributed by atoms with van der Waals surface area (Å²) in [5, 5.41) is 13.5. The van der Waals surface area contributed by atoms with Crippen LogP contribution in [0.1, 0.15) is 58.4 Å². The predicted molar refractivity (Wildman–Crippen MR) is 128 cm³/mol. The van der Waals surface area contributed by atoms with Crippen molar-refractivity contribution < 1.29 is 14.6 Å². The summed E-state index contributed by atoms with van der Waals surface area (Å²) in [5.41, 5.74) is -1.14. The fraction of sp³-hybridized carbons (Fsp3) is 0.583. The van der Waals surface area contributed by atoms with Crippen LogP contribution in [0.3, 0.4) is 0 Å². The average molecular weight is 461 g/mol. The zero-order valence-corrected chi connectivity index (χ0v) is 20.3. The Kier molecular flexibility index (Phi) is 9.25. The van der Waals surface area contributed by atoms with E-state index in [-0.39, 0.29) is 5.82 Å². The van der Waals surface area contributed by atoms with Crippen molar-refractivity contribution in [3.63, 3.8) is 0 Å². The van der Waals surface area contributed by atoms with Crippen LogP contribution in [0.15, 0.2) is 33.9 Å². The van der Waals surface area contributed by atoms with Gasteiger partial charge in [-0.15, -0.1) is 5.10 Å². The molecule has 1 aromatic carbocycles. The Morgan fingerprint density at radius 2 is 1.70 bits per heavy atom. The molecule has 0 aliphatic heterocycles. The average Bonchev–Trinajstić information content (AvgIpc) is 2.77. The van der Waals surface area contributed by atoms with Crippen LogP contribution in [0, 0.1) is 0 Å². The highest BCUT2D eigenvalue weighted by Crippen LogP contribution is 2.20. The predicted octanol–water partition coefficient (Wildman–Crippen LogP) is 2.74. The minimum atomic E-state index is -1.31. The van der Waals surface area contributed by atoms with E-state index in [1.165, 1.54) is 32.0 Å². The van der Waals surface area contributed by atoms with Gasteiger partial charge in [0.1, 0.15) is 5.75 Å². The first-order valence-corrected chi connectivity index (χ1v) is 11.5. The number of aryl methyl sites for hydroxylation is 1. The number of anilines is 1. The second kappa shape index (κ2) is 11.7. The van der Waals surface area contributed by atoms with E-state index >= 15 is 0 Å². The number of carboxylic acid groups (broad SMARTS) is 1. The van der Waals surface area contributed by atoms with Crippen molar-refractivity contribution in [3.8, 4) is 5.75 Å². The van der Waals surface area contributed by atoms with Gasteiger partial charge in [0.05, 0.1) is 0 Å². The summed E-state index contributed by atoms with van der Waals surface area (Å²) in [6, 6.07) is 7.27. The molecule has 33 heavy (non-hydrogen) atoms. The molecule has 182 valence electrons. The Bertz CT molecular complexity index is 1040. The summed E-state index contributed by atoms with van der Waals surface area (Å²) in [4.78, 5) is 38.0. The highest BCUT2D eigenvalue weighted by atomic mass is 16.5. The first-order chi connectivity index (χ1) is 15.6. The summed E-state index contributed by atoms with van der Waals surface area (Å²) < 4.78 is 7.83. The van der Waals surface area contributed by atoms with Crippen molar-refractivity contribution in [1.82, 2.24) is 14.3 Å². The Morgan fingerprint density at radius 1 is 1.06 bits per heavy atom. The summed E-state index contributed by atoms with van der Waals surface area (Å²) in [6.07, 6.45) is 6.16. The number of hydrogen-bond acceptors (Lipinski definition) is 6. The maximum atomic E-state index is 12.7. The lowest BCUT2D eigenvalue weighted by atomic mass is 10.1. The molecule has 0 fully saturated rings. The number of hydrogen-bond donors (Lipinski definition) is 1. The molecular weight excluding hydrogens is 424 g/mol. The van der Waals surface area contributed by atoms with Crippen molar-refractivity contribution in [2.75, 3.05) is 18.0 Å². The zero-order valence-electron chi connectivity index (χ0n) is 20.3. The quantitative estimate of drug-likeness (QED) is 0.458. The van der Waals surface area contributed by atoms with Crippen LogP contribution in [-0.2, 0) is 25.3 Å². The minimum Gasteiger partial charge on any atom is -0.478 e. The normalized spacial score (nSPS) is 11.4. The molecule has 1 aromatic heterocycles. The van der Waals surface area contributed by atoms with Gasteiger partial charge in [-0.05, 0) is 44.4 Å². The molecule has 0 atom stereocenters. The van der Waals surface area contributed by atoms with Crippen LogP contribution in [0.5, 0.6) is 5.75 Å². The lowest BCUT2D eigenvalue weighted by molar-refractivity contribution is -0.152. The van der Waals surface area contributed by atoms with Gasteiger partial charge in [-0.3, -0.25) is 9.36 Å². The van der Waals surface area contributed by atoms with Crippen molar-refractivity contribution in [2.45, 2.75) is 64.9 Å². The SMILES string of the molecule is CCCCCCCN(CCc1ccc(OC(C)(C)C(=O)O)cc1)c1nn(C)c(=O)n(C)c1=O. The van der Waals surface area contributed by atoms with E-state index in [2.05, 4.69) is 12.0 Å². The molecule has 0 unspecified atom stereocenters. The minimum absolute atomic E-state index is 0.276. The summed E-state index contributed by atoms with van der Waals surface area (Å²) in [6.45, 7) is 6.42. The molecule has 0 aliphatic rings. The molecule has 2 aromatic rings. The number of carboxylic acids is 1. The first kappa shape index (κ1) is 26.2. The summed E-state index contributed by atoms with van der Waals surface area (Å²) in [7, 11) is 3.01. The summed E-state index contributed by atoms with van der Waals surface area (Å²) in [5.74, 6) is -0.279. The third-order valence-electron chi connectivity index (χ3n) is 5.62. The lowest BCUT2D eigenvalue weighted by Crippen LogP contribution is -2.44. The molecule has 1 N–H and O–H groups in total. The number of aromatic nitrogens is 3. The molecule has 2 rings (SSSR count). The van der Waals surface area contributed by atoms with Crippen LogP contribution < -0.4 is 20.9 Å². The van der Waals surface area contributed by atoms with Crippen molar-refractivity contribution in [1.29, 1.82) is 0 Å².